The molecule has 0 amide bonds. The number of carbonyl (C=O) groups is 1. The number of benzene rings is 2. The molecule has 178 valence electrons. The first kappa shape index (κ1) is 22.4. The van der Waals surface area contributed by atoms with E-state index in [-0.39, 0.29) is 11.2 Å². The van der Waals surface area contributed by atoms with Gasteiger partial charge in [-0.2, -0.15) is 0 Å². The molecule has 1 saturated carbocycles. The van der Waals surface area contributed by atoms with Gasteiger partial charge in [0.25, 0.3) is 0 Å². The van der Waals surface area contributed by atoms with Crippen molar-refractivity contribution in [1.29, 1.82) is 0 Å². The second kappa shape index (κ2) is 8.85. The number of aromatic nitrogens is 1. The Balaban J connectivity index is 1.35. The summed E-state index contributed by atoms with van der Waals surface area (Å²) in [4.78, 5) is 17.5. The van der Waals surface area contributed by atoms with Crippen molar-refractivity contribution in [3.05, 3.63) is 106 Å². The van der Waals surface area contributed by atoms with Crippen LogP contribution in [0, 0.1) is 12.8 Å². The molecule has 1 aromatic heterocycles. The first-order valence-corrected chi connectivity index (χ1v) is 12.7. The standard InChI is InChI=1S/C31H31NO3/c1-22-24(8-5-15-32-22)19-29(33)26-10-12-28-25(18-26)9-11-27-21-31(34-16-17-35-31)14-13-30(27,28)20-23-6-3-2-4-7-23/h2-12,15,18,27H,13-14,16-17,19-21H2,1H3/t27-,30-/m0/s1. The van der Waals surface area contributed by atoms with Crippen molar-refractivity contribution in [2.75, 3.05) is 13.2 Å². The third kappa shape index (κ3) is 4.05. The van der Waals surface area contributed by atoms with Gasteiger partial charge < -0.3 is 9.47 Å². The molecular formula is C31H31NO3. The summed E-state index contributed by atoms with van der Waals surface area (Å²) in [5.74, 6) is 0.0121. The van der Waals surface area contributed by atoms with Gasteiger partial charge in [0, 0.05) is 42.1 Å². The SMILES string of the molecule is Cc1ncccc1CC(=O)c1ccc2c(c1)C=C[C@H]1CC3(CC[C@@]21Cc1ccccc1)OCCO3. The van der Waals surface area contributed by atoms with Gasteiger partial charge in [0.2, 0.25) is 0 Å². The molecule has 3 aromatic rings. The van der Waals surface area contributed by atoms with E-state index in [1.165, 1.54) is 11.1 Å². The van der Waals surface area contributed by atoms with Crippen molar-refractivity contribution in [3.63, 3.8) is 0 Å². The van der Waals surface area contributed by atoms with Crippen molar-refractivity contribution < 1.29 is 14.3 Å². The number of ketones is 1. The number of carbonyl (C=O) groups excluding carboxylic acids is 1. The molecule has 1 spiro atoms. The van der Waals surface area contributed by atoms with Crippen LogP contribution in [0.25, 0.3) is 6.08 Å². The van der Waals surface area contributed by atoms with Crippen LogP contribution in [0.1, 0.15) is 57.6 Å². The molecule has 0 radical (unpaired) electrons. The summed E-state index contributed by atoms with van der Waals surface area (Å²) in [6, 6.07) is 21.0. The topological polar surface area (TPSA) is 48.4 Å². The molecule has 4 heteroatoms. The van der Waals surface area contributed by atoms with Gasteiger partial charge in [-0.25, -0.2) is 0 Å². The smallest absolute Gasteiger partial charge is 0.169 e. The molecule has 3 aliphatic rings. The van der Waals surface area contributed by atoms with Crippen LogP contribution < -0.4 is 0 Å². The lowest BCUT2D eigenvalue weighted by atomic mass is 9.56. The van der Waals surface area contributed by atoms with Crippen LogP contribution in [0.3, 0.4) is 0 Å². The minimum absolute atomic E-state index is 0.0342. The quantitative estimate of drug-likeness (QED) is 0.443. The second-order valence-electron chi connectivity index (χ2n) is 10.2. The van der Waals surface area contributed by atoms with Crippen LogP contribution in [0.15, 0.2) is 72.9 Å². The summed E-state index contributed by atoms with van der Waals surface area (Å²) in [5, 5.41) is 0. The summed E-state index contributed by atoms with van der Waals surface area (Å²) >= 11 is 0. The molecule has 2 atom stereocenters. The van der Waals surface area contributed by atoms with Crippen molar-refractivity contribution in [2.24, 2.45) is 5.92 Å². The molecule has 0 N–H and O–H groups in total. The van der Waals surface area contributed by atoms with Crippen LogP contribution in [-0.2, 0) is 27.7 Å². The highest BCUT2D eigenvalue weighted by atomic mass is 16.7. The summed E-state index contributed by atoms with van der Waals surface area (Å²) in [6.07, 6.45) is 10.4. The first-order chi connectivity index (χ1) is 17.1. The molecule has 2 aromatic carbocycles. The fourth-order valence-corrected chi connectivity index (χ4v) is 6.38. The Kier molecular flexibility index (Phi) is 5.66. The highest BCUT2D eigenvalue weighted by molar-refractivity contribution is 5.98. The lowest BCUT2D eigenvalue weighted by Crippen LogP contribution is -2.50. The van der Waals surface area contributed by atoms with Gasteiger partial charge in [-0.15, -0.1) is 0 Å². The number of Topliss-reactive ketones (excluding diaryl/α,β-unsaturated/α-hetero) is 1. The average Bonchev–Trinajstić information content (AvgIpc) is 3.34. The first-order valence-electron chi connectivity index (χ1n) is 12.7. The third-order valence-corrected chi connectivity index (χ3v) is 8.25. The van der Waals surface area contributed by atoms with E-state index in [0.29, 0.717) is 25.6 Å². The molecule has 0 bridgehead atoms. The monoisotopic (exact) mass is 465 g/mol. The number of hydrogen-bond acceptors (Lipinski definition) is 4. The predicted molar refractivity (Wildman–Crippen MR) is 136 cm³/mol. The van der Waals surface area contributed by atoms with Gasteiger partial charge >= 0.3 is 0 Å². The van der Waals surface area contributed by atoms with E-state index in [2.05, 4.69) is 59.6 Å². The van der Waals surface area contributed by atoms with Gasteiger partial charge in [-0.3, -0.25) is 9.78 Å². The summed E-state index contributed by atoms with van der Waals surface area (Å²) < 4.78 is 12.2. The fraction of sp³-hybridized carbons (Fsp3) is 0.355. The van der Waals surface area contributed by atoms with Crippen LogP contribution >= 0.6 is 0 Å². The van der Waals surface area contributed by atoms with E-state index >= 15 is 0 Å². The summed E-state index contributed by atoms with van der Waals surface area (Å²) in [7, 11) is 0. The lowest BCUT2D eigenvalue weighted by Gasteiger charge is -2.51. The maximum Gasteiger partial charge on any atom is 0.169 e. The van der Waals surface area contributed by atoms with Crippen LogP contribution in [0.2, 0.25) is 0 Å². The molecule has 2 fully saturated rings. The Bertz CT molecular complexity index is 1280. The zero-order valence-electron chi connectivity index (χ0n) is 20.2. The minimum atomic E-state index is -0.440. The molecule has 4 nitrogen and oxygen atoms in total. The number of aryl methyl sites for hydroxylation is 1. The van der Waals surface area contributed by atoms with Gasteiger partial charge in [0.15, 0.2) is 11.6 Å². The van der Waals surface area contributed by atoms with E-state index < -0.39 is 5.79 Å². The molecular weight excluding hydrogens is 434 g/mol. The predicted octanol–water partition coefficient (Wildman–Crippen LogP) is 5.87. The van der Waals surface area contributed by atoms with E-state index in [4.69, 9.17) is 9.47 Å². The molecule has 1 saturated heterocycles. The highest BCUT2D eigenvalue weighted by Crippen LogP contribution is 2.54. The number of ether oxygens (including phenoxy) is 2. The zero-order chi connectivity index (χ0) is 23.9. The molecule has 2 aliphatic carbocycles. The largest absolute Gasteiger partial charge is 0.348 e. The van der Waals surface area contributed by atoms with Crippen LogP contribution in [-0.4, -0.2) is 29.8 Å². The number of hydrogen-bond donors (Lipinski definition) is 0. The lowest BCUT2D eigenvalue weighted by molar-refractivity contribution is -0.194. The normalized spacial score (nSPS) is 24.2. The van der Waals surface area contributed by atoms with Crippen LogP contribution in [0.4, 0.5) is 0 Å². The highest BCUT2D eigenvalue weighted by Gasteiger charge is 2.53. The Hall–Kier alpha value is -3.08. The van der Waals surface area contributed by atoms with E-state index in [1.54, 1.807) is 6.20 Å². The molecule has 6 rings (SSSR count). The maximum atomic E-state index is 13.2. The van der Waals surface area contributed by atoms with E-state index in [1.807, 2.05) is 25.1 Å². The summed E-state index contributed by atoms with van der Waals surface area (Å²) in [6.45, 7) is 3.32. The second-order valence-corrected chi connectivity index (χ2v) is 10.2. The Morgan fingerprint density at radius 3 is 2.66 bits per heavy atom. The Labute approximate surface area is 207 Å². The third-order valence-electron chi connectivity index (χ3n) is 8.25. The fourth-order valence-electron chi connectivity index (χ4n) is 6.38. The number of rotatable bonds is 5. The molecule has 35 heavy (non-hydrogen) atoms. The van der Waals surface area contributed by atoms with Gasteiger partial charge in [0.05, 0.1) is 13.2 Å². The Morgan fingerprint density at radius 1 is 1.03 bits per heavy atom. The van der Waals surface area contributed by atoms with E-state index in [0.717, 1.165) is 48.1 Å². The molecule has 2 heterocycles. The zero-order valence-corrected chi connectivity index (χ0v) is 20.2. The number of nitrogens with zero attached hydrogens (tertiary/aromatic N) is 1. The molecule has 1 aliphatic heterocycles. The van der Waals surface area contributed by atoms with Gasteiger partial charge in [-0.05, 0) is 60.1 Å². The number of allylic oxidation sites excluding steroid dienone is 1. The number of pyridine rings is 1. The van der Waals surface area contributed by atoms with Crippen molar-refractivity contribution in [1.82, 2.24) is 4.98 Å². The molecule has 0 unspecified atom stereocenters. The van der Waals surface area contributed by atoms with Crippen molar-refractivity contribution in [3.8, 4) is 0 Å². The van der Waals surface area contributed by atoms with Crippen molar-refractivity contribution in [2.45, 2.75) is 50.2 Å². The number of fused-ring (bicyclic) bond motifs is 3. The average molecular weight is 466 g/mol. The summed E-state index contributed by atoms with van der Waals surface area (Å²) in [5.41, 5.74) is 6.48. The van der Waals surface area contributed by atoms with Crippen LogP contribution in [0.5, 0.6) is 0 Å². The minimum Gasteiger partial charge on any atom is -0.348 e. The van der Waals surface area contributed by atoms with Crippen molar-refractivity contribution >= 4 is 11.9 Å². The Morgan fingerprint density at radius 2 is 1.86 bits per heavy atom. The maximum absolute atomic E-state index is 13.2. The van der Waals surface area contributed by atoms with E-state index in [9.17, 15) is 4.79 Å². The van der Waals surface area contributed by atoms with Gasteiger partial charge in [0.1, 0.15) is 0 Å². The van der Waals surface area contributed by atoms with Gasteiger partial charge in [-0.1, -0.05) is 60.7 Å².